The highest BCUT2D eigenvalue weighted by molar-refractivity contribution is 7.21. The van der Waals surface area contributed by atoms with Crippen LogP contribution in [0.3, 0.4) is 0 Å². The largest absolute Gasteiger partial charge is 0.454 e. The summed E-state index contributed by atoms with van der Waals surface area (Å²) in [5, 5.41) is 1.26. The van der Waals surface area contributed by atoms with Gasteiger partial charge in [0.2, 0.25) is 0 Å². The second-order valence-electron chi connectivity index (χ2n) is 7.02. The number of Topliss-reactive ketones (excluding diaryl/α,β-unsaturated/α-hetero) is 2. The summed E-state index contributed by atoms with van der Waals surface area (Å²) in [5.41, 5.74) is 8.06. The molecule has 0 aliphatic rings. The number of hydrogen-bond acceptors (Lipinski definition) is 5. The van der Waals surface area contributed by atoms with Gasteiger partial charge in [0.15, 0.2) is 5.78 Å². The van der Waals surface area contributed by atoms with Crippen molar-refractivity contribution in [1.29, 1.82) is 0 Å². The Morgan fingerprint density at radius 1 is 0.969 bits per heavy atom. The maximum Gasteiger partial charge on any atom is 0.454 e. The molecule has 0 atom stereocenters. The number of nitrogens with zero attached hydrogens (tertiary/aromatic N) is 1. The van der Waals surface area contributed by atoms with Crippen LogP contribution in [0.1, 0.15) is 25.6 Å². The van der Waals surface area contributed by atoms with Crippen molar-refractivity contribution in [1.82, 2.24) is 4.98 Å². The number of ketones is 2. The van der Waals surface area contributed by atoms with Crippen LogP contribution in [-0.4, -0.2) is 22.7 Å². The third kappa shape index (κ3) is 4.37. The molecule has 2 heterocycles. The van der Waals surface area contributed by atoms with Gasteiger partial charge in [-0.3, -0.25) is 9.59 Å². The number of halogens is 4. The Morgan fingerprint density at radius 3 is 2.25 bits per heavy atom. The minimum absolute atomic E-state index is 0.0679. The maximum atomic E-state index is 12.8. The molecule has 0 bridgehead atoms. The zero-order valence-corrected chi connectivity index (χ0v) is 17.8. The SMILES string of the molecule is Nc1c(C(=O)Cc2ccc(C(=O)C(F)(F)F)cc2)sc2nc(-c3ccc(Cl)cc3)ccc12. The number of thiophene rings is 1. The van der Waals surface area contributed by atoms with Crippen LogP contribution in [0, 0.1) is 0 Å². The molecule has 0 unspecified atom stereocenters. The lowest BCUT2D eigenvalue weighted by atomic mass is 10.0. The topological polar surface area (TPSA) is 73.1 Å². The lowest BCUT2D eigenvalue weighted by Crippen LogP contribution is -2.22. The van der Waals surface area contributed by atoms with Gasteiger partial charge in [0, 0.05) is 28.0 Å². The number of hydrogen-bond donors (Lipinski definition) is 1. The number of carbonyl (C=O) groups excluding carboxylic acids is 2. The van der Waals surface area contributed by atoms with E-state index < -0.39 is 17.5 Å². The molecule has 0 aliphatic heterocycles. The van der Waals surface area contributed by atoms with E-state index in [1.165, 1.54) is 12.1 Å². The highest BCUT2D eigenvalue weighted by Gasteiger charge is 2.39. The van der Waals surface area contributed by atoms with Gasteiger partial charge in [0.1, 0.15) is 4.83 Å². The van der Waals surface area contributed by atoms with Crippen LogP contribution in [0.25, 0.3) is 21.5 Å². The number of aromatic nitrogens is 1. The zero-order chi connectivity index (χ0) is 23.0. The minimum atomic E-state index is -4.94. The van der Waals surface area contributed by atoms with Crippen LogP contribution in [0.5, 0.6) is 0 Å². The van der Waals surface area contributed by atoms with Gasteiger partial charge < -0.3 is 5.73 Å². The molecule has 2 aromatic heterocycles. The van der Waals surface area contributed by atoms with E-state index >= 15 is 0 Å². The number of carbonyl (C=O) groups is 2. The third-order valence-electron chi connectivity index (χ3n) is 4.83. The first kappa shape index (κ1) is 22.0. The maximum absolute atomic E-state index is 12.8. The van der Waals surface area contributed by atoms with Crippen molar-refractivity contribution >= 4 is 50.4 Å². The van der Waals surface area contributed by atoms with Gasteiger partial charge in [-0.1, -0.05) is 48.0 Å². The molecular weight excluding hydrogens is 461 g/mol. The molecule has 9 heteroatoms. The van der Waals surface area contributed by atoms with Crippen LogP contribution in [0.4, 0.5) is 18.9 Å². The van der Waals surface area contributed by atoms with Crippen LogP contribution in [0.15, 0.2) is 60.7 Å². The predicted molar refractivity (Wildman–Crippen MR) is 119 cm³/mol. The summed E-state index contributed by atoms with van der Waals surface area (Å²) in [6.45, 7) is 0. The summed E-state index contributed by atoms with van der Waals surface area (Å²) in [6, 6.07) is 15.6. The van der Waals surface area contributed by atoms with Crippen molar-refractivity contribution in [2.75, 3.05) is 5.73 Å². The van der Waals surface area contributed by atoms with Crippen LogP contribution in [-0.2, 0) is 6.42 Å². The fourth-order valence-electron chi connectivity index (χ4n) is 3.19. The molecule has 0 saturated heterocycles. The molecule has 2 N–H and O–H groups in total. The van der Waals surface area contributed by atoms with Crippen molar-refractivity contribution in [3.63, 3.8) is 0 Å². The molecular formula is C23H14ClF3N2O2S. The van der Waals surface area contributed by atoms with Gasteiger partial charge in [-0.25, -0.2) is 4.98 Å². The van der Waals surface area contributed by atoms with Crippen molar-refractivity contribution < 1.29 is 22.8 Å². The van der Waals surface area contributed by atoms with Crippen molar-refractivity contribution in [2.24, 2.45) is 0 Å². The Balaban J connectivity index is 1.58. The third-order valence-corrected chi connectivity index (χ3v) is 6.23. The lowest BCUT2D eigenvalue weighted by Gasteiger charge is -2.06. The van der Waals surface area contributed by atoms with Crippen LogP contribution < -0.4 is 5.73 Å². The van der Waals surface area contributed by atoms with E-state index in [9.17, 15) is 22.8 Å². The molecule has 162 valence electrons. The lowest BCUT2D eigenvalue weighted by molar-refractivity contribution is -0.0885. The van der Waals surface area contributed by atoms with E-state index in [4.69, 9.17) is 17.3 Å². The standard InChI is InChI=1S/C23H14ClF3N2O2S/c24-15-7-5-13(6-8-15)17-10-9-16-19(28)20(32-22(16)29-17)18(30)11-12-1-3-14(4-2-12)21(31)23(25,26)27/h1-10H,11,28H2. The number of alkyl halides is 3. The summed E-state index contributed by atoms with van der Waals surface area (Å²) < 4.78 is 37.6. The van der Waals surface area contributed by atoms with E-state index in [0.29, 0.717) is 37.1 Å². The molecule has 4 nitrogen and oxygen atoms in total. The molecule has 0 amide bonds. The number of benzene rings is 2. The van der Waals surface area contributed by atoms with Gasteiger partial charge in [-0.05, 0) is 29.8 Å². The van der Waals surface area contributed by atoms with Gasteiger partial charge in [0.05, 0.1) is 16.3 Å². The number of nitrogen functional groups attached to an aromatic ring is 1. The number of rotatable bonds is 5. The number of anilines is 1. The Morgan fingerprint density at radius 2 is 1.62 bits per heavy atom. The summed E-state index contributed by atoms with van der Waals surface area (Å²) >= 11 is 7.08. The van der Waals surface area contributed by atoms with E-state index in [2.05, 4.69) is 4.98 Å². The number of pyridine rings is 1. The first-order chi connectivity index (χ1) is 15.1. The molecule has 0 aliphatic carbocycles. The normalized spacial score (nSPS) is 11.6. The Bertz CT molecular complexity index is 1330. The molecule has 4 rings (SSSR count). The van der Waals surface area contributed by atoms with Gasteiger partial charge >= 0.3 is 6.18 Å². The summed E-state index contributed by atoms with van der Waals surface area (Å²) in [7, 11) is 0. The Hall–Kier alpha value is -3.23. The fourth-order valence-corrected chi connectivity index (χ4v) is 4.35. The van der Waals surface area contributed by atoms with E-state index in [1.807, 2.05) is 12.1 Å². The zero-order valence-electron chi connectivity index (χ0n) is 16.2. The minimum Gasteiger partial charge on any atom is -0.397 e. The molecule has 0 spiro atoms. The quantitative estimate of drug-likeness (QED) is 0.341. The molecule has 2 aromatic carbocycles. The van der Waals surface area contributed by atoms with Gasteiger partial charge in [-0.2, -0.15) is 13.2 Å². The van der Waals surface area contributed by atoms with Crippen LogP contribution >= 0.6 is 22.9 Å². The number of fused-ring (bicyclic) bond motifs is 1. The predicted octanol–water partition coefficient (Wildman–Crippen LogP) is 6.37. The summed E-state index contributed by atoms with van der Waals surface area (Å²) in [5.74, 6) is -2.21. The first-order valence-corrected chi connectivity index (χ1v) is 10.5. The molecule has 0 fully saturated rings. The highest BCUT2D eigenvalue weighted by atomic mass is 35.5. The Labute approximate surface area is 189 Å². The smallest absolute Gasteiger partial charge is 0.397 e. The molecule has 4 aromatic rings. The fraction of sp³-hybridized carbons (Fsp3) is 0.0870. The second-order valence-corrected chi connectivity index (χ2v) is 8.46. The van der Waals surface area contributed by atoms with E-state index in [1.54, 1.807) is 24.3 Å². The van der Waals surface area contributed by atoms with Crippen molar-refractivity contribution in [2.45, 2.75) is 12.6 Å². The van der Waals surface area contributed by atoms with Crippen molar-refractivity contribution in [3.8, 4) is 11.3 Å². The molecule has 0 saturated carbocycles. The highest BCUT2D eigenvalue weighted by Crippen LogP contribution is 2.35. The monoisotopic (exact) mass is 474 g/mol. The average Bonchev–Trinajstić information content (AvgIpc) is 3.09. The van der Waals surface area contributed by atoms with Gasteiger partial charge in [-0.15, -0.1) is 11.3 Å². The van der Waals surface area contributed by atoms with Crippen LogP contribution in [0.2, 0.25) is 5.02 Å². The number of nitrogens with two attached hydrogens (primary N) is 1. The van der Waals surface area contributed by atoms with E-state index in [-0.39, 0.29) is 12.2 Å². The van der Waals surface area contributed by atoms with Crippen molar-refractivity contribution in [3.05, 3.63) is 81.7 Å². The molecule has 32 heavy (non-hydrogen) atoms. The summed E-state index contributed by atoms with van der Waals surface area (Å²) in [4.78, 5) is 29.6. The summed E-state index contributed by atoms with van der Waals surface area (Å²) in [6.07, 6.45) is -5.01. The first-order valence-electron chi connectivity index (χ1n) is 9.32. The average molecular weight is 475 g/mol. The second kappa shape index (κ2) is 8.37. The van der Waals surface area contributed by atoms with E-state index in [0.717, 1.165) is 29.0 Å². The molecule has 0 radical (unpaired) electrons. The Kier molecular flexibility index (Phi) is 5.75. The van der Waals surface area contributed by atoms with Gasteiger partial charge in [0.25, 0.3) is 5.78 Å².